The summed E-state index contributed by atoms with van der Waals surface area (Å²) in [5.74, 6) is -0.739. The minimum absolute atomic E-state index is 0.234. The number of anilines is 1. The number of hydrogen-bond donors (Lipinski definition) is 2. The highest BCUT2D eigenvalue weighted by Gasteiger charge is 2.14. The number of aromatic nitrogens is 1. The van der Waals surface area contributed by atoms with Crippen molar-refractivity contribution in [2.75, 3.05) is 5.32 Å². The number of nitrogens with zero attached hydrogens (tertiary/aromatic N) is 1. The van der Waals surface area contributed by atoms with Gasteiger partial charge in [-0.05, 0) is 30.7 Å². The number of para-hydroxylation sites is 1. The van der Waals surface area contributed by atoms with Crippen LogP contribution in [-0.4, -0.2) is 16.4 Å². The average Bonchev–Trinajstić information content (AvgIpc) is 2.69. The molecule has 0 saturated carbocycles. The predicted molar refractivity (Wildman–Crippen MR) is 108 cm³/mol. The van der Waals surface area contributed by atoms with Gasteiger partial charge in [-0.15, -0.1) is 0 Å². The van der Waals surface area contributed by atoms with Gasteiger partial charge in [0.15, 0.2) is 0 Å². The molecule has 0 aliphatic rings. The van der Waals surface area contributed by atoms with Gasteiger partial charge < -0.3 is 15.2 Å². The number of aryl methyl sites for hydroxylation is 2. The van der Waals surface area contributed by atoms with Crippen LogP contribution in [0.3, 0.4) is 0 Å². The maximum atomic E-state index is 12.6. The smallest absolute Gasteiger partial charge is 0.255 e. The third-order valence-corrected chi connectivity index (χ3v) is 4.36. The number of benzene rings is 2. The Morgan fingerprint density at radius 1 is 0.964 bits per heavy atom. The van der Waals surface area contributed by atoms with E-state index >= 15 is 0 Å². The molecule has 2 N–H and O–H groups in total. The second kappa shape index (κ2) is 8.35. The molecule has 6 heteroatoms. The number of nitrogens with one attached hydrogen (secondary N) is 2. The molecule has 0 aliphatic carbocycles. The molecule has 2 amide bonds. The molecule has 142 valence electrons. The van der Waals surface area contributed by atoms with Crippen LogP contribution in [0.5, 0.6) is 0 Å². The highest BCUT2D eigenvalue weighted by Crippen LogP contribution is 2.16. The van der Waals surface area contributed by atoms with Gasteiger partial charge in [0, 0.05) is 31.4 Å². The van der Waals surface area contributed by atoms with E-state index in [1.54, 1.807) is 37.4 Å². The van der Waals surface area contributed by atoms with E-state index in [0.717, 1.165) is 11.1 Å². The van der Waals surface area contributed by atoms with Crippen LogP contribution >= 0.6 is 0 Å². The lowest BCUT2D eigenvalue weighted by atomic mass is 10.1. The van der Waals surface area contributed by atoms with Crippen molar-refractivity contribution in [3.63, 3.8) is 0 Å². The molecular formula is C22H21N3O3. The minimum Gasteiger partial charge on any atom is -0.348 e. The lowest BCUT2D eigenvalue weighted by molar-refractivity contribution is 0.0952. The van der Waals surface area contributed by atoms with Crippen LogP contribution in [0.2, 0.25) is 0 Å². The highest BCUT2D eigenvalue weighted by atomic mass is 16.2. The van der Waals surface area contributed by atoms with Crippen molar-refractivity contribution < 1.29 is 9.59 Å². The first-order valence-electron chi connectivity index (χ1n) is 8.85. The fraction of sp³-hybridized carbons (Fsp3) is 0.136. The number of amides is 2. The van der Waals surface area contributed by atoms with Crippen molar-refractivity contribution in [1.29, 1.82) is 0 Å². The quantitative estimate of drug-likeness (QED) is 0.720. The normalized spacial score (nSPS) is 10.4. The Hall–Kier alpha value is -3.67. The summed E-state index contributed by atoms with van der Waals surface area (Å²) in [5, 5.41) is 5.57. The molecule has 0 unspecified atom stereocenters. The zero-order chi connectivity index (χ0) is 20.1. The van der Waals surface area contributed by atoms with Crippen molar-refractivity contribution in [2.24, 2.45) is 7.05 Å². The molecule has 0 bridgehead atoms. The molecule has 0 atom stereocenters. The first-order chi connectivity index (χ1) is 13.4. The Morgan fingerprint density at radius 3 is 2.39 bits per heavy atom. The molecule has 1 heterocycles. The SMILES string of the molecule is Cc1ccc(CNC(=O)c2ccccc2NC(=O)c2ccn(C)c(=O)c2)cc1. The van der Waals surface area contributed by atoms with Crippen molar-refractivity contribution in [2.45, 2.75) is 13.5 Å². The summed E-state index contributed by atoms with van der Waals surface area (Å²) in [4.78, 5) is 36.8. The Labute approximate surface area is 162 Å². The second-order valence-corrected chi connectivity index (χ2v) is 6.53. The van der Waals surface area contributed by atoms with E-state index in [-0.39, 0.29) is 17.0 Å². The molecule has 0 spiro atoms. The highest BCUT2D eigenvalue weighted by molar-refractivity contribution is 6.08. The summed E-state index contributed by atoms with van der Waals surface area (Å²) < 4.78 is 1.38. The van der Waals surface area contributed by atoms with E-state index in [0.29, 0.717) is 17.8 Å². The first-order valence-corrected chi connectivity index (χ1v) is 8.85. The summed E-state index contributed by atoms with van der Waals surface area (Å²) in [6.45, 7) is 2.39. The average molecular weight is 375 g/mol. The molecule has 6 nitrogen and oxygen atoms in total. The van der Waals surface area contributed by atoms with Crippen LogP contribution in [0.15, 0.2) is 71.7 Å². The lowest BCUT2D eigenvalue weighted by Crippen LogP contribution is -2.25. The fourth-order valence-corrected chi connectivity index (χ4v) is 2.66. The Balaban J connectivity index is 1.73. The summed E-state index contributed by atoms with van der Waals surface area (Å²) in [5.41, 5.74) is 2.83. The second-order valence-electron chi connectivity index (χ2n) is 6.53. The lowest BCUT2D eigenvalue weighted by Gasteiger charge is -2.12. The Morgan fingerprint density at radius 2 is 1.68 bits per heavy atom. The Bertz CT molecular complexity index is 1070. The van der Waals surface area contributed by atoms with Crippen molar-refractivity contribution in [1.82, 2.24) is 9.88 Å². The third kappa shape index (κ3) is 4.54. The molecule has 1 aromatic heterocycles. The number of carbonyl (C=O) groups excluding carboxylic acids is 2. The van der Waals surface area contributed by atoms with Crippen LogP contribution in [0.4, 0.5) is 5.69 Å². The molecule has 0 aliphatic heterocycles. The topological polar surface area (TPSA) is 80.2 Å². The van der Waals surface area contributed by atoms with Gasteiger partial charge in [0.05, 0.1) is 11.3 Å². The molecular weight excluding hydrogens is 354 g/mol. The van der Waals surface area contributed by atoms with Crippen LogP contribution < -0.4 is 16.2 Å². The number of pyridine rings is 1. The van der Waals surface area contributed by atoms with Gasteiger partial charge in [-0.3, -0.25) is 14.4 Å². The summed E-state index contributed by atoms with van der Waals surface area (Å²) in [7, 11) is 1.61. The van der Waals surface area contributed by atoms with Crippen molar-refractivity contribution >= 4 is 17.5 Å². The van der Waals surface area contributed by atoms with E-state index in [1.165, 1.54) is 16.8 Å². The van der Waals surface area contributed by atoms with Crippen molar-refractivity contribution in [3.8, 4) is 0 Å². The van der Waals surface area contributed by atoms with Crippen LogP contribution in [0.1, 0.15) is 31.8 Å². The largest absolute Gasteiger partial charge is 0.348 e. The molecule has 0 fully saturated rings. The zero-order valence-corrected chi connectivity index (χ0v) is 15.7. The Kier molecular flexibility index (Phi) is 5.69. The first kappa shape index (κ1) is 19.1. The van der Waals surface area contributed by atoms with E-state index in [4.69, 9.17) is 0 Å². The van der Waals surface area contributed by atoms with Gasteiger partial charge >= 0.3 is 0 Å². The molecule has 0 saturated heterocycles. The number of carbonyl (C=O) groups is 2. The standard InChI is InChI=1S/C22H21N3O3/c1-15-7-9-16(10-8-15)14-23-22(28)18-5-3-4-6-19(18)24-21(27)17-11-12-25(2)20(26)13-17/h3-13H,14H2,1-2H3,(H,23,28)(H,24,27). The van der Waals surface area contributed by atoms with E-state index < -0.39 is 5.91 Å². The summed E-state index contributed by atoms with van der Waals surface area (Å²) in [6, 6.07) is 17.5. The minimum atomic E-state index is -0.448. The van der Waals surface area contributed by atoms with E-state index in [2.05, 4.69) is 10.6 Å². The molecule has 3 aromatic rings. The van der Waals surface area contributed by atoms with Crippen LogP contribution in [0, 0.1) is 6.92 Å². The van der Waals surface area contributed by atoms with Gasteiger partial charge in [0.1, 0.15) is 0 Å². The molecule has 2 aromatic carbocycles. The van der Waals surface area contributed by atoms with Gasteiger partial charge in [0.25, 0.3) is 17.4 Å². The fourth-order valence-electron chi connectivity index (χ4n) is 2.66. The third-order valence-electron chi connectivity index (χ3n) is 4.36. The van der Waals surface area contributed by atoms with Crippen LogP contribution in [-0.2, 0) is 13.6 Å². The van der Waals surface area contributed by atoms with Gasteiger partial charge in [-0.25, -0.2) is 0 Å². The zero-order valence-electron chi connectivity index (χ0n) is 15.7. The van der Waals surface area contributed by atoms with Gasteiger partial charge in [0.2, 0.25) is 0 Å². The van der Waals surface area contributed by atoms with Gasteiger partial charge in [-0.2, -0.15) is 0 Å². The summed E-state index contributed by atoms with van der Waals surface area (Å²) >= 11 is 0. The van der Waals surface area contributed by atoms with Crippen molar-refractivity contribution in [3.05, 3.63) is 99.5 Å². The molecule has 0 radical (unpaired) electrons. The maximum Gasteiger partial charge on any atom is 0.255 e. The van der Waals surface area contributed by atoms with Gasteiger partial charge in [-0.1, -0.05) is 42.0 Å². The van der Waals surface area contributed by atoms with E-state index in [9.17, 15) is 14.4 Å². The predicted octanol–water partition coefficient (Wildman–Crippen LogP) is 2.88. The maximum absolute atomic E-state index is 12.6. The molecule has 28 heavy (non-hydrogen) atoms. The summed E-state index contributed by atoms with van der Waals surface area (Å²) in [6.07, 6.45) is 1.53. The monoisotopic (exact) mass is 375 g/mol. The van der Waals surface area contributed by atoms with Crippen LogP contribution in [0.25, 0.3) is 0 Å². The van der Waals surface area contributed by atoms with E-state index in [1.807, 2.05) is 31.2 Å². The number of rotatable bonds is 5. The number of hydrogen-bond acceptors (Lipinski definition) is 3. The molecule has 3 rings (SSSR count).